The Hall–Kier alpha value is -3.29. The lowest BCUT2D eigenvalue weighted by atomic mass is 10.1. The van der Waals surface area contributed by atoms with Crippen LogP contribution in [0.2, 0.25) is 5.02 Å². The average Bonchev–Trinajstić information content (AvgIpc) is 3.26. The van der Waals surface area contributed by atoms with E-state index in [0.717, 1.165) is 27.6 Å². The van der Waals surface area contributed by atoms with Crippen LogP contribution in [0.15, 0.2) is 82.6 Å². The molecule has 0 amide bonds. The summed E-state index contributed by atoms with van der Waals surface area (Å²) in [6.07, 6.45) is 4.91. The molecular weight excluding hydrogens is 432 g/mol. The Morgan fingerprint density at radius 2 is 1.90 bits per heavy atom. The van der Waals surface area contributed by atoms with Crippen molar-refractivity contribution >= 4 is 35.1 Å². The van der Waals surface area contributed by atoms with E-state index in [0.29, 0.717) is 22.5 Å². The van der Waals surface area contributed by atoms with Gasteiger partial charge in [-0.15, -0.1) is 10.2 Å². The Morgan fingerprint density at radius 1 is 1.03 bits per heavy atom. The van der Waals surface area contributed by atoms with Gasteiger partial charge >= 0.3 is 0 Å². The smallest absolute Gasteiger partial charge is 0.247 e. The number of para-hydroxylation sites is 1. The van der Waals surface area contributed by atoms with Gasteiger partial charge in [-0.2, -0.15) is 4.98 Å². The third-order valence-electron chi connectivity index (χ3n) is 4.65. The van der Waals surface area contributed by atoms with Gasteiger partial charge in [0.05, 0.1) is 6.26 Å². The summed E-state index contributed by atoms with van der Waals surface area (Å²) in [5, 5.41) is 13.3. The summed E-state index contributed by atoms with van der Waals surface area (Å²) < 4.78 is 11.5. The van der Waals surface area contributed by atoms with E-state index in [1.54, 1.807) is 6.26 Å². The number of halogens is 1. The van der Waals surface area contributed by atoms with Crippen LogP contribution < -0.4 is 10.1 Å². The molecule has 1 aliphatic rings. The molecule has 4 aromatic rings. The molecule has 0 radical (unpaired) electrons. The number of aromatic nitrogens is 3. The first kappa shape index (κ1) is 19.7. The van der Waals surface area contributed by atoms with Crippen molar-refractivity contribution in [1.82, 2.24) is 15.2 Å². The van der Waals surface area contributed by atoms with Crippen LogP contribution >= 0.6 is 23.4 Å². The first-order valence-corrected chi connectivity index (χ1v) is 11.0. The number of thioether (sulfide) groups is 1. The highest BCUT2D eigenvalue weighted by Crippen LogP contribution is 2.37. The second-order valence-electron chi connectivity index (χ2n) is 6.73. The highest BCUT2D eigenvalue weighted by molar-refractivity contribution is 7.98. The van der Waals surface area contributed by atoms with E-state index in [4.69, 9.17) is 20.8 Å². The number of fused-ring (bicyclic) bond motifs is 3. The topological polar surface area (TPSA) is 73.1 Å². The SMILES string of the molecule is Clc1ccccc1CSc1nnc2c(n1)OC(/C=C/c1ccco1)Nc1ccccc1-2. The van der Waals surface area contributed by atoms with Crippen LogP contribution in [0.25, 0.3) is 17.3 Å². The summed E-state index contributed by atoms with van der Waals surface area (Å²) >= 11 is 7.72. The number of nitrogens with one attached hydrogen (secondary N) is 1. The minimum absolute atomic E-state index is 0.420. The van der Waals surface area contributed by atoms with Gasteiger partial charge in [-0.05, 0) is 42.0 Å². The second kappa shape index (κ2) is 8.83. The number of ether oxygens (including phenoxy) is 1. The van der Waals surface area contributed by atoms with E-state index in [2.05, 4.69) is 20.5 Å². The molecule has 0 aliphatic carbocycles. The summed E-state index contributed by atoms with van der Waals surface area (Å²) in [6.45, 7) is 0. The molecule has 3 heterocycles. The number of benzene rings is 2. The molecule has 2 aromatic heterocycles. The van der Waals surface area contributed by atoms with E-state index in [1.165, 1.54) is 11.8 Å². The summed E-state index contributed by atoms with van der Waals surface area (Å²) in [7, 11) is 0. The molecule has 0 saturated heterocycles. The Morgan fingerprint density at radius 3 is 2.77 bits per heavy atom. The fraction of sp³-hybridized carbons (Fsp3) is 0.0870. The molecule has 2 aromatic carbocycles. The fourth-order valence-electron chi connectivity index (χ4n) is 3.14. The zero-order chi connectivity index (χ0) is 21.0. The maximum Gasteiger partial charge on any atom is 0.247 e. The molecule has 0 saturated carbocycles. The summed E-state index contributed by atoms with van der Waals surface area (Å²) in [5.41, 5.74) is 3.39. The van der Waals surface area contributed by atoms with Crippen molar-refractivity contribution in [2.24, 2.45) is 0 Å². The maximum absolute atomic E-state index is 6.26. The molecule has 0 bridgehead atoms. The molecule has 0 fully saturated rings. The fourth-order valence-corrected chi connectivity index (χ4v) is 4.21. The van der Waals surface area contributed by atoms with Crippen molar-refractivity contribution < 1.29 is 9.15 Å². The van der Waals surface area contributed by atoms with Crippen LogP contribution in [0.5, 0.6) is 5.88 Å². The molecule has 1 unspecified atom stereocenters. The lowest BCUT2D eigenvalue weighted by molar-refractivity contribution is 0.266. The van der Waals surface area contributed by atoms with Gasteiger partial charge in [-0.1, -0.05) is 59.8 Å². The normalized spacial score (nSPS) is 14.9. The lowest BCUT2D eigenvalue weighted by Gasteiger charge is -2.15. The molecule has 154 valence electrons. The lowest BCUT2D eigenvalue weighted by Crippen LogP contribution is -2.23. The van der Waals surface area contributed by atoms with Crippen LogP contribution in [-0.4, -0.2) is 21.4 Å². The van der Waals surface area contributed by atoms with Gasteiger partial charge in [-0.25, -0.2) is 0 Å². The van der Waals surface area contributed by atoms with Gasteiger partial charge in [0.25, 0.3) is 0 Å². The van der Waals surface area contributed by atoms with Gasteiger partial charge in [-0.3, -0.25) is 0 Å². The molecule has 1 aliphatic heterocycles. The third-order valence-corrected chi connectivity index (χ3v) is 5.90. The van der Waals surface area contributed by atoms with E-state index in [9.17, 15) is 0 Å². The Balaban J connectivity index is 1.44. The van der Waals surface area contributed by atoms with Crippen molar-refractivity contribution in [2.75, 3.05) is 5.32 Å². The van der Waals surface area contributed by atoms with Gasteiger partial charge in [0.2, 0.25) is 11.0 Å². The molecular formula is C23H17ClN4O2S. The standard InChI is InChI=1S/C23H17ClN4O2S/c24-18-9-3-1-6-15(18)14-31-23-26-22-21(27-28-23)17-8-2-4-10-19(17)25-20(30-22)12-11-16-7-5-13-29-16/h1-13,20,25H,14H2/b12-11+. The summed E-state index contributed by atoms with van der Waals surface area (Å²) in [6, 6.07) is 19.3. The highest BCUT2D eigenvalue weighted by atomic mass is 35.5. The first-order valence-electron chi connectivity index (χ1n) is 9.61. The molecule has 5 rings (SSSR count). The van der Waals surface area contributed by atoms with E-state index in [-0.39, 0.29) is 0 Å². The molecule has 6 nitrogen and oxygen atoms in total. The number of anilines is 1. The molecule has 31 heavy (non-hydrogen) atoms. The van der Waals surface area contributed by atoms with Crippen LogP contribution in [-0.2, 0) is 5.75 Å². The van der Waals surface area contributed by atoms with E-state index < -0.39 is 6.23 Å². The van der Waals surface area contributed by atoms with Crippen molar-refractivity contribution in [1.29, 1.82) is 0 Å². The van der Waals surface area contributed by atoms with Gasteiger partial charge < -0.3 is 14.5 Å². The van der Waals surface area contributed by atoms with Crippen molar-refractivity contribution in [3.05, 3.63) is 89.3 Å². The van der Waals surface area contributed by atoms with Crippen molar-refractivity contribution in [3.8, 4) is 17.1 Å². The van der Waals surface area contributed by atoms with E-state index >= 15 is 0 Å². The number of nitrogens with zero attached hydrogens (tertiary/aromatic N) is 3. The third kappa shape index (κ3) is 4.42. The van der Waals surface area contributed by atoms with E-state index in [1.807, 2.05) is 72.8 Å². The molecule has 8 heteroatoms. The van der Waals surface area contributed by atoms with Gasteiger partial charge in [0.1, 0.15) is 5.76 Å². The predicted octanol–water partition coefficient (Wildman–Crippen LogP) is 5.92. The monoisotopic (exact) mass is 448 g/mol. The minimum atomic E-state index is -0.453. The summed E-state index contributed by atoms with van der Waals surface area (Å²) in [5.74, 6) is 1.79. The van der Waals surface area contributed by atoms with Crippen LogP contribution in [0.1, 0.15) is 11.3 Å². The quantitative estimate of drug-likeness (QED) is 0.380. The average molecular weight is 449 g/mol. The first-order chi connectivity index (χ1) is 15.3. The number of rotatable bonds is 5. The summed E-state index contributed by atoms with van der Waals surface area (Å²) in [4.78, 5) is 4.64. The van der Waals surface area contributed by atoms with Crippen LogP contribution in [0, 0.1) is 0 Å². The zero-order valence-corrected chi connectivity index (χ0v) is 17.8. The number of furan rings is 1. The van der Waals surface area contributed by atoms with Gasteiger partial charge in [0.15, 0.2) is 11.9 Å². The van der Waals surface area contributed by atoms with Crippen molar-refractivity contribution in [2.45, 2.75) is 17.1 Å². The van der Waals surface area contributed by atoms with Crippen LogP contribution in [0.4, 0.5) is 5.69 Å². The van der Waals surface area contributed by atoms with Crippen LogP contribution in [0.3, 0.4) is 0 Å². The van der Waals surface area contributed by atoms with Gasteiger partial charge in [0, 0.05) is 22.0 Å². The zero-order valence-electron chi connectivity index (χ0n) is 16.2. The second-order valence-corrected chi connectivity index (χ2v) is 8.08. The number of hydrogen-bond acceptors (Lipinski definition) is 7. The molecule has 0 spiro atoms. The minimum Gasteiger partial charge on any atom is -0.465 e. The molecule has 1 atom stereocenters. The number of hydrogen-bond donors (Lipinski definition) is 1. The maximum atomic E-state index is 6.26. The van der Waals surface area contributed by atoms with Crippen molar-refractivity contribution in [3.63, 3.8) is 0 Å². The Labute approximate surface area is 188 Å². The Kier molecular flexibility index (Phi) is 5.60. The highest BCUT2D eigenvalue weighted by Gasteiger charge is 2.23. The predicted molar refractivity (Wildman–Crippen MR) is 122 cm³/mol. The Bertz CT molecular complexity index is 1230. The molecule has 1 N–H and O–H groups in total. The largest absolute Gasteiger partial charge is 0.465 e.